The Hall–Kier alpha value is -0.970. The molecule has 104 valence electrons. The van der Waals surface area contributed by atoms with Crippen LogP contribution in [0.4, 0.5) is 5.69 Å². The van der Waals surface area contributed by atoms with E-state index in [-0.39, 0.29) is 33.7 Å². The van der Waals surface area contributed by atoms with Crippen LogP contribution in [0.1, 0.15) is 30.1 Å². The SMILES string of the molecule is CC(NC(=O)c1cc(N)cc(Cl)c1Cl)C1CCCO1. The molecule has 1 aromatic carbocycles. The zero-order valence-corrected chi connectivity index (χ0v) is 12.1. The number of benzene rings is 1. The Bertz CT molecular complexity index is 488. The number of nitrogens with one attached hydrogen (secondary N) is 1. The van der Waals surface area contributed by atoms with Crippen LogP contribution in [0.3, 0.4) is 0 Å². The molecule has 1 saturated heterocycles. The number of hydrogen-bond acceptors (Lipinski definition) is 3. The van der Waals surface area contributed by atoms with Gasteiger partial charge in [0.1, 0.15) is 0 Å². The van der Waals surface area contributed by atoms with E-state index in [0.717, 1.165) is 19.4 Å². The minimum Gasteiger partial charge on any atom is -0.399 e. The number of halogens is 2. The van der Waals surface area contributed by atoms with Crippen molar-refractivity contribution in [2.24, 2.45) is 0 Å². The molecule has 1 aromatic rings. The van der Waals surface area contributed by atoms with Crippen molar-refractivity contribution in [3.05, 3.63) is 27.7 Å². The number of carbonyl (C=O) groups excluding carboxylic acids is 1. The number of anilines is 1. The van der Waals surface area contributed by atoms with E-state index in [4.69, 9.17) is 33.7 Å². The molecule has 1 heterocycles. The monoisotopic (exact) mass is 302 g/mol. The second kappa shape index (κ2) is 5.99. The number of carbonyl (C=O) groups is 1. The van der Waals surface area contributed by atoms with E-state index < -0.39 is 0 Å². The van der Waals surface area contributed by atoms with Crippen LogP contribution in [0.15, 0.2) is 12.1 Å². The lowest BCUT2D eigenvalue weighted by Crippen LogP contribution is -2.40. The van der Waals surface area contributed by atoms with Gasteiger partial charge in [0.2, 0.25) is 0 Å². The average Bonchev–Trinajstić information content (AvgIpc) is 2.87. The highest BCUT2D eigenvalue weighted by Crippen LogP contribution is 2.29. The molecule has 2 unspecified atom stereocenters. The van der Waals surface area contributed by atoms with Gasteiger partial charge in [0.15, 0.2) is 0 Å². The summed E-state index contributed by atoms with van der Waals surface area (Å²) in [6.45, 7) is 2.66. The molecule has 6 heteroatoms. The molecule has 1 amide bonds. The lowest BCUT2D eigenvalue weighted by Gasteiger charge is -2.20. The fourth-order valence-corrected chi connectivity index (χ4v) is 2.57. The van der Waals surface area contributed by atoms with E-state index in [9.17, 15) is 4.79 Å². The molecule has 0 aromatic heterocycles. The van der Waals surface area contributed by atoms with E-state index in [0.29, 0.717) is 5.69 Å². The predicted octanol–water partition coefficient (Wildman–Crippen LogP) is 2.87. The third-order valence-corrected chi connectivity index (χ3v) is 3.98. The molecule has 0 radical (unpaired) electrons. The van der Waals surface area contributed by atoms with Crippen LogP contribution in [0.2, 0.25) is 10.0 Å². The molecule has 2 rings (SSSR count). The van der Waals surface area contributed by atoms with E-state index in [1.54, 1.807) is 0 Å². The first-order valence-electron chi connectivity index (χ1n) is 6.16. The Morgan fingerprint density at radius 1 is 1.53 bits per heavy atom. The maximum atomic E-state index is 12.2. The molecule has 0 saturated carbocycles. The molecule has 0 spiro atoms. The molecule has 0 aliphatic carbocycles. The molecule has 1 aliphatic rings. The molecule has 0 bridgehead atoms. The number of nitrogen functional groups attached to an aromatic ring is 1. The highest BCUT2D eigenvalue weighted by Gasteiger charge is 2.25. The standard InChI is InChI=1S/C13H16Cl2N2O2/c1-7(11-3-2-4-19-11)17-13(18)9-5-8(16)6-10(14)12(9)15/h5-7,11H,2-4,16H2,1H3,(H,17,18). The molecule has 19 heavy (non-hydrogen) atoms. The van der Waals surface area contributed by atoms with Crippen molar-refractivity contribution in [1.29, 1.82) is 0 Å². The summed E-state index contributed by atoms with van der Waals surface area (Å²) in [4.78, 5) is 12.2. The van der Waals surface area contributed by atoms with Crippen LogP contribution in [-0.2, 0) is 4.74 Å². The Balaban J connectivity index is 2.11. The van der Waals surface area contributed by atoms with Gasteiger partial charge in [0.05, 0.1) is 27.8 Å². The van der Waals surface area contributed by atoms with E-state index in [1.165, 1.54) is 12.1 Å². The first kappa shape index (κ1) is 14.4. The van der Waals surface area contributed by atoms with Gasteiger partial charge in [-0.1, -0.05) is 23.2 Å². The third-order valence-electron chi connectivity index (χ3n) is 3.18. The van der Waals surface area contributed by atoms with Crippen LogP contribution < -0.4 is 11.1 Å². The summed E-state index contributed by atoms with van der Waals surface area (Å²) in [6, 6.07) is 2.96. The summed E-state index contributed by atoms with van der Waals surface area (Å²) in [7, 11) is 0. The maximum Gasteiger partial charge on any atom is 0.253 e. The Kier molecular flexibility index (Phi) is 4.55. The van der Waals surface area contributed by atoms with Gasteiger partial charge in [0, 0.05) is 12.3 Å². The van der Waals surface area contributed by atoms with Gasteiger partial charge < -0.3 is 15.8 Å². The smallest absolute Gasteiger partial charge is 0.253 e. The topological polar surface area (TPSA) is 64.4 Å². The van der Waals surface area contributed by atoms with Gasteiger partial charge in [0.25, 0.3) is 5.91 Å². The fraction of sp³-hybridized carbons (Fsp3) is 0.462. The predicted molar refractivity (Wildman–Crippen MR) is 76.8 cm³/mol. The summed E-state index contributed by atoms with van der Waals surface area (Å²) < 4.78 is 5.53. The van der Waals surface area contributed by atoms with Crippen molar-refractivity contribution in [3.63, 3.8) is 0 Å². The second-order valence-electron chi connectivity index (χ2n) is 4.68. The van der Waals surface area contributed by atoms with Crippen LogP contribution >= 0.6 is 23.2 Å². The first-order valence-corrected chi connectivity index (χ1v) is 6.91. The normalized spacial score (nSPS) is 20.3. The zero-order chi connectivity index (χ0) is 14.0. The van der Waals surface area contributed by atoms with Gasteiger partial charge in [-0.2, -0.15) is 0 Å². The molecule has 2 atom stereocenters. The van der Waals surface area contributed by atoms with Crippen LogP contribution in [0, 0.1) is 0 Å². The Morgan fingerprint density at radius 2 is 2.26 bits per heavy atom. The first-order chi connectivity index (χ1) is 8.99. The van der Waals surface area contributed by atoms with Gasteiger partial charge >= 0.3 is 0 Å². The van der Waals surface area contributed by atoms with Gasteiger partial charge in [-0.25, -0.2) is 0 Å². The number of rotatable bonds is 3. The van der Waals surface area contributed by atoms with E-state index >= 15 is 0 Å². The summed E-state index contributed by atoms with van der Waals surface area (Å²) in [5.74, 6) is -0.290. The highest BCUT2D eigenvalue weighted by atomic mass is 35.5. The lowest BCUT2D eigenvalue weighted by atomic mass is 10.1. The lowest BCUT2D eigenvalue weighted by molar-refractivity contribution is 0.0712. The Morgan fingerprint density at radius 3 is 2.89 bits per heavy atom. The fourth-order valence-electron chi connectivity index (χ4n) is 2.15. The van der Waals surface area contributed by atoms with Crippen LogP contribution in [0.5, 0.6) is 0 Å². The third kappa shape index (κ3) is 3.32. The van der Waals surface area contributed by atoms with Crippen LogP contribution in [0.25, 0.3) is 0 Å². The summed E-state index contributed by atoms with van der Waals surface area (Å²) in [5, 5.41) is 3.36. The van der Waals surface area contributed by atoms with Crippen molar-refractivity contribution in [2.75, 3.05) is 12.3 Å². The minimum absolute atomic E-state index is 0.0549. The average molecular weight is 303 g/mol. The summed E-state index contributed by atoms with van der Waals surface area (Å²) in [6.07, 6.45) is 2.03. The largest absolute Gasteiger partial charge is 0.399 e. The Labute approximate surface area is 122 Å². The van der Waals surface area contributed by atoms with Crippen molar-refractivity contribution >= 4 is 34.8 Å². The van der Waals surface area contributed by atoms with Gasteiger partial charge in [-0.05, 0) is 31.9 Å². The summed E-state index contributed by atoms with van der Waals surface area (Å²) in [5.41, 5.74) is 6.37. The number of nitrogens with two attached hydrogens (primary N) is 1. The van der Waals surface area contributed by atoms with E-state index in [1.807, 2.05) is 6.92 Å². The van der Waals surface area contributed by atoms with Crippen LogP contribution in [-0.4, -0.2) is 24.7 Å². The zero-order valence-electron chi connectivity index (χ0n) is 10.6. The highest BCUT2D eigenvalue weighted by molar-refractivity contribution is 6.44. The number of amides is 1. The quantitative estimate of drug-likeness (QED) is 0.844. The van der Waals surface area contributed by atoms with Crippen molar-refractivity contribution < 1.29 is 9.53 Å². The van der Waals surface area contributed by atoms with Crippen molar-refractivity contribution in [1.82, 2.24) is 5.32 Å². The van der Waals surface area contributed by atoms with Crippen molar-refractivity contribution in [3.8, 4) is 0 Å². The molecule has 4 nitrogen and oxygen atoms in total. The van der Waals surface area contributed by atoms with Gasteiger partial charge in [-0.15, -0.1) is 0 Å². The van der Waals surface area contributed by atoms with E-state index in [2.05, 4.69) is 5.32 Å². The molecular weight excluding hydrogens is 287 g/mol. The molecular formula is C13H16Cl2N2O2. The second-order valence-corrected chi connectivity index (χ2v) is 5.46. The minimum atomic E-state index is -0.290. The maximum absolute atomic E-state index is 12.2. The van der Waals surface area contributed by atoms with Crippen molar-refractivity contribution in [2.45, 2.75) is 31.9 Å². The number of ether oxygens (including phenoxy) is 1. The molecule has 1 aliphatic heterocycles. The molecule has 3 N–H and O–H groups in total. The number of hydrogen-bond donors (Lipinski definition) is 2. The van der Waals surface area contributed by atoms with Gasteiger partial charge in [-0.3, -0.25) is 4.79 Å². The summed E-state index contributed by atoms with van der Waals surface area (Å²) >= 11 is 11.9. The molecule has 1 fully saturated rings.